The average molecular weight is 238 g/mol. The Balaban J connectivity index is 2.20. The number of nitrogen functional groups attached to an aromatic ring is 1. The fourth-order valence-electron chi connectivity index (χ4n) is 2.04. The fourth-order valence-corrected chi connectivity index (χ4v) is 2.04. The summed E-state index contributed by atoms with van der Waals surface area (Å²) >= 11 is 0. The summed E-state index contributed by atoms with van der Waals surface area (Å²) in [6.07, 6.45) is 0.815. The van der Waals surface area contributed by atoms with Crippen molar-refractivity contribution in [3.63, 3.8) is 0 Å². The quantitative estimate of drug-likeness (QED) is 0.772. The summed E-state index contributed by atoms with van der Waals surface area (Å²) in [6.45, 7) is 4.97. The number of nitrogens with two attached hydrogens (primary N) is 1. The maximum Gasteiger partial charge on any atom is 0.272 e. The first-order chi connectivity index (χ1) is 7.93. The lowest BCUT2D eigenvalue weighted by atomic mass is 10.0. The van der Waals surface area contributed by atoms with Gasteiger partial charge in [0, 0.05) is 13.7 Å². The Morgan fingerprint density at radius 1 is 1.65 bits per heavy atom. The van der Waals surface area contributed by atoms with Gasteiger partial charge in [0.2, 0.25) is 0 Å². The predicted molar refractivity (Wildman–Crippen MR) is 63.7 cm³/mol. The van der Waals surface area contributed by atoms with Crippen LogP contribution in [-0.2, 0) is 11.8 Å². The highest BCUT2D eigenvalue weighted by Gasteiger charge is 2.33. The summed E-state index contributed by atoms with van der Waals surface area (Å²) in [5, 5.41) is 7.09. The van der Waals surface area contributed by atoms with Crippen molar-refractivity contribution in [2.24, 2.45) is 7.05 Å². The molecule has 6 nitrogen and oxygen atoms in total. The first-order valence-corrected chi connectivity index (χ1v) is 5.62. The smallest absolute Gasteiger partial charge is 0.272 e. The van der Waals surface area contributed by atoms with Crippen LogP contribution in [0.5, 0.6) is 0 Å². The molecule has 0 saturated carbocycles. The SMILES string of the molecule is Cc1nn(C)c(C(=O)NC2(C)CCOC2)c1N. The average Bonchev–Trinajstić information content (AvgIpc) is 2.73. The van der Waals surface area contributed by atoms with Crippen molar-refractivity contribution < 1.29 is 9.53 Å². The van der Waals surface area contributed by atoms with Crippen LogP contribution in [0.25, 0.3) is 0 Å². The lowest BCUT2D eigenvalue weighted by Gasteiger charge is -2.23. The van der Waals surface area contributed by atoms with E-state index in [9.17, 15) is 4.79 Å². The summed E-state index contributed by atoms with van der Waals surface area (Å²) < 4.78 is 6.81. The molecule has 2 heterocycles. The van der Waals surface area contributed by atoms with E-state index < -0.39 is 0 Å². The second-order valence-electron chi connectivity index (χ2n) is 4.79. The molecule has 0 bridgehead atoms. The number of amides is 1. The van der Waals surface area contributed by atoms with Gasteiger partial charge in [-0.25, -0.2) is 0 Å². The first-order valence-electron chi connectivity index (χ1n) is 5.62. The predicted octanol–water partition coefficient (Wildman–Crippen LogP) is 0.220. The van der Waals surface area contributed by atoms with Gasteiger partial charge in [-0.15, -0.1) is 0 Å². The van der Waals surface area contributed by atoms with Crippen LogP contribution in [0.2, 0.25) is 0 Å². The highest BCUT2D eigenvalue weighted by molar-refractivity contribution is 5.98. The van der Waals surface area contributed by atoms with E-state index in [1.807, 2.05) is 6.92 Å². The van der Waals surface area contributed by atoms with E-state index in [1.165, 1.54) is 4.68 Å². The van der Waals surface area contributed by atoms with Crippen molar-refractivity contribution in [2.45, 2.75) is 25.8 Å². The molecule has 1 unspecified atom stereocenters. The molecule has 0 aromatic carbocycles. The van der Waals surface area contributed by atoms with E-state index in [0.29, 0.717) is 30.3 Å². The number of carbonyl (C=O) groups is 1. The standard InChI is InChI=1S/C11H18N4O2/c1-7-8(12)9(15(3)14-7)10(16)13-11(2)4-5-17-6-11/h4-6,12H2,1-3H3,(H,13,16). The Kier molecular flexibility index (Phi) is 2.82. The Labute approximate surface area is 100 Å². The summed E-state index contributed by atoms with van der Waals surface area (Å²) in [5.74, 6) is -0.196. The van der Waals surface area contributed by atoms with Crippen LogP contribution in [-0.4, -0.2) is 34.4 Å². The highest BCUT2D eigenvalue weighted by atomic mass is 16.5. The molecule has 94 valence electrons. The van der Waals surface area contributed by atoms with E-state index in [2.05, 4.69) is 10.4 Å². The monoisotopic (exact) mass is 238 g/mol. The zero-order valence-electron chi connectivity index (χ0n) is 10.4. The topological polar surface area (TPSA) is 82.2 Å². The van der Waals surface area contributed by atoms with Gasteiger partial charge in [0.15, 0.2) is 0 Å². The Morgan fingerprint density at radius 2 is 2.35 bits per heavy atom. The third kappa shape index (κ3) is 2.12. The van der Waals surface area contributed by atoms with Crippen molar-refractivity contribution in [2.75, 3.05) is 18.9 Å². The minimum atomic E-state index is -0.304. The number of anilines is 1. The van der Waals surface area contributed by atoms with E-state index >= 15 is 0 Å². The molecule has 1 amide bonds. The van der Waals surface area contributed by atoms with Crippen LogP contribution in [0.1, 0.15) is 29.5 Å². The molecule has 17 heavy (non-hydrogen) atoms. The number of rotatable bonds is 2. The van der Waals surface area contributed by atoms with Crippen molar-refractivity contribution in [1.29, 1.82) is 0 Å². The largest absolute Gasteiger partial charge is 0.395 e. The zero-order valence-corrected chi connectivity index (χ0v) is 10.4. The van der Waals surface area contributed by atoms with Crippen molar-refractivity contribution in [3.05, 3.63) is 11.4 Å². The molecular formula is C11H18N4O2. The van der Waals surface area contributed by atoms with Gasteiger partial charge in [-0.05, 0) is 20.3 Å². The van der Waals surface area contributed by atoms with Crippen LogP contribution < -0.4 is 11.1 Å². The fraction of sp³-hybridized carbons (Fsp3) is 0.636. The van der Waals surface area contributed by atoms with Crippen LogP contribution in [0.4, 0.5) is 5.69 Å². The molecule has 0 radical (unpaired) electrons. The molecular weight excluding hydrogens is 220 g/mol. The second-order valence-corrected chi connectivity index (χ2v) is 4.79. The molecule has 1 aliphatic rings. The minimum Gasteiger partial charge on any atom is -0.395 e. The number of ether oxygens (including phenoxy) is 1. The molecule has 1 aliphatic heterocycles. The van der Waals surface area contributed by atoms with E-state index in [4.69, 9.17) is 10.5 Å². The molecule has 1 aromatic heterocycles. The lowest BCUT2D eigenvalue weighted by Crippen LogP contribution is -2.47. The van der Waals surface area contributed by atoms with Gasteiger partial charge in [0.1, 0.15) is 5.69 Å². The molecule has 1 saturated heterocycles. The summed E-state index contributed by atoms with van der Waals surface area (Å²) in [6, 6.07) is 0. The third-order valence-electron chi connectivity index (χ3n) is 3.12. The third-order valence-corrected chi connectivity index (χ3v) is 3.12. The van der Waals surface area contributed by atoms with Gasteiger partial charge in [-0.1, -0.05) is 0 Å². The molecule has 0 spiro atoms. The number of nitrogens with one attached hydrogen (secondary N) is 1. The van der Waals surface area contributed by atoms with Crippen molar-refractivity contribution in [1.82, 2.24) is 15.1 Å². The maximum atomic E-state index is 12.2. The Hall–Kier alpha value is -1.56. The van der Waals surface area contributed by atoms with E-state index in [-0.39, 0.29) is 11.4 Å². The van der Waals surface area contributed by atoms with Crippen molar-refractivity contribution in [3.8, 4) is 0 Å². The highest BCUT2D eigenvalue weighted by Crippen LogP contribution is 2.20. The van der Waals surface area contributed by atoms with Gasteiger partial charge >= 0.3 is 0 Å². The van der Waals surface area contributed by atoms with Crippen LogP contribution in [0.15, 0.2) is 0 Å². The Bertz CT molecular complexity index is 447. The van der Waals surface area contributed by atoms with E-state index in [1.54, 1.807) is 14.0 Å². The van der Waals surface area contributed by atoms with Gasteiger partial charge in [-0.2, -0.15) is 5.10 Å². The van der Waals surface area contributed by atoms with Gasteiger partial charge in [0.05, 0.1) is 23.5 Å². The van der Waals surface area contributed by atoms with E-state index in [0.717, 1.165) is 6.42 Å². The number of carbonyl (C=O) groups excluding carboxylic acids is 1. The second kappa shape index (κ2) is 4.03. The molecule has 1 atom stereocenters. The lowest BCUT2D eigenvalue weighted by molar-refractivity contribution is 0.0881. The normalized spacial score (nSPS) is 23.9. The van der Waals surface area contributed by atoms with Gasteiger partial charge in [0.25, 0.3) is 5.91 Å². The molecule has 0 aliphatic carbocycles. The van der Waals surface area contributed by atoms with Crippen LogP contribution in [0.3, 0.4) is 0 Å². The molecule has 3 N–H and O–H groups in total. The zero-order chi connectivity index (χ0) is 12.6. The molecule has 6 heteroatoms. The number of hydrogen-bond acceptors (Lipinski definition) is 4. The molecule has 1 aromatic rings. The number of nitrogens with zero attached hydrogens (tertiary/aromatic N) is 2. The number of aryl methyl sites for hydroxylation is 2. The summed E-state index contributed by atoms with van der Waals surface area (Å²) in [7, 11) is 1.71. The first kappa shape index (κ1) is 11.9. The van der Waals surface area contributed by atoms with Crippen molar-refractivity contribution >= 4 is 11.6 Å². The summed E-state index contributed by atoms with van der Waals surface area (Å²) in [4.78, 5) is 12.2. The Morgan fingerprint density at radius 3 is 2.82 bits per heavy atom. The van der Waals surface area contributed by atoms with Crippen LogP contribution >= 0.6 is 0 Å². The van der Waals surface area contributed by atoms with Gasteiger partial charge in [-0.3, -0.25) is 9.48 Å². The summed E-state index contributed by atoms with van der Waals surface area (Å²) in [5.41, 5.74) is 7.06. The van der Waals surface area contributed by atoms with Gasteiger partial charge < -0.3 is 15.8 Å². The maximum absolute atomic E-state index is 12.2. The van der Waals surface area contributed by atoms with Crippen LogP contribution in [0, 0.1) is 6.92 Å². The minimum absolute atomic E-state index is 0.196. The molecule has 2 rings (SSSR count). The number of hydrogen-bond donors (Lipinski definition) is 2. The molecule has 1 fully saturated rings. The number of aromatic nitrogens is 2.